The second kappa shape index (κ2) is 8.51. The Morgan fingerprint density at radius 2 is 1.91 bits per heavy atom. The summed E-state index contributed by atoms with van der Waals surface area (Å²) in [6, 6.07) is 17.2. The lowest BCUT2D eigenvalue weighted by molar-refractivity contribution is -0.136. The lowest BCUT2D eigenvalue weighted by Crippen LogP contribution is -2.35. The van der Waals surface area contributed by atoms with Gasteiger partial charge < -0.3 is 15.6 Å². The number of anilines is 1. The van der Waals surface area contributed by atoms with E-state index in [0.717, 1.165) is 37.7 Å². The van der Waals surface area contributed by atoms with Gasteiger partial charge in [-0.1, -0.05) is 28.1 Å². The number of nitrogens with one attached hydrogen (secondary N) is 3. The van der Waals surface area contributed by atoms with Gasteiger partial charge in [0.25, 0.3) is 0 Å². The molecule has 0 fully saturated rings. The van der Waals surface area contributed by atoms with Gasteiger partial charge in [-0.25, -0.2) is 9.97 Å². The number of H-pyrrole nitrogens is 1. The predicted molar refractivity (Wildman–Crippen MR) is 130 cm³/mol. The van der Waals surface area contributed by atoms with E-state index in [-0.39, 0.29) is 6.54 Å². The summed E-state index contributed by atoms with van der Waals surface area (Å²) >= 11 is 3.49. The molecule has 0 aliphatic rings. The van der Waals surface area contributed by atoms with Crippen molar-refractivity contribution in [1.82, 2.24) is 24.8 Å². The number of nitrogens with zero attached hydrogens (tertiary/aromatic N) is 3. The van der Waals surface area contributed by atoms with Crippen molar-refractivity contribution in [3.8, 4) is 5.82 Å². The number of benzene rings is 2. The molecule has 5 rings (SSSR count). The van der Waals surface area contributed by atoms with E-state index in [1.807, 2.05) is 54.0 Å². The van der Waals surface area contributed by atoms with Crippen molar-refractivity contribution in [3.05, 3.63) is 82.9 Å². The second-order valence-electron chi connectivity index (χ2n) is 7.63. The van der Waals surface area contributed by atoms with Crippen LogP contribution in [-0.4, -0.2) is 31.3 Å². The third-order valence-electron chi connectivity index (χ3n) is 5.30. The van der Waals surface area contributed by atoms with Crippen LogP contribution in [0.5, 0.6) is 0 Å². The van der Waals surface area contributed by atoms with Crippen molar-refractivity contribution in [2.24, 2.45) is 0 Å². The number of para-hydroxylation sites is 2. The Kier molecular flexibility index (Phi) is 5.39. The Labute approximate surface area is 197 Å². The van der Waals surface area contributed by atoms with Crippen molar-refractivity contribution in [1.29, 1.82) is 0 Å². The first-order chi connectivity index (χ1) is 16.0. The van der Waals surface area contributed by atoms with Crippen molar-refractivity contribution in [2.75, 3.05) is 5.32 Å². The third kappa shape index (κ3) is 4.22. The normalized spacial score (nSPS) is 11.1. The molecular formula is C24H19BrN6O2. The number of halogens is 1. The summed E-state index contributed by atoms with van der Waals surface area (Å²) in [6.07, 6.45) is 3.20. The highest BCUT2D eigenvalue weighted by atomic mass is 79.9. The van der Waals surface area contributed by atoms with E-state index in [2.05, 4.69) is 41.5 Å². The first-order valence-electron chi connectivity index (χ1n) is 10.2. The van der Waals surface area contributed by atoms with Gasteiger partial charge in [-0.3, -0.25) is 14.2 Å². The standard InChI is InChI=1S/C24H19BrN6O2/c1-14-8-16(25)9-15-10-18(29-22(14)15)12-27-23(32)24(33)30-17-6-7-21(26-11-17)31-13-28-19-4-2-3-5-20(19)31/h2-11,13,29H,12H2,1H3,(H,27,32)(H,30,33). The lowest BCUT2D eigenvalue weighted by Gasteiger charge is -2.07. The third-order valence-corrected chi connectivity index (χ3v) is 5.76. The molecule has 3 aromatic heterocycles. The monoisotopic (exact) mass is 502 g/mol. The molecule has 164 valence electrons. The second-order valence-corrected chi connectivity index (χ2v) is 8.54. The fraction of sp³-hybridized carbons (Fsp3) is 0.0833. The van der Waals surface area contributed by atoms with Gasteiger partial charge in [0, 0.05) is 21.1 Å². The van der Waals surface area contributed by atoms with Gasteiger partial charge in [-0.15, -0.1) is 0 Å². The zero-order chi connectivity index (χ0) is 22.9. The zero-order valence-corrected chi connectivity index (χ0v) is 19.2. The molecule has 2 amide bonds. The largest absolute Gasteiger partial charge is 0.357 e. The van der Waals surface area contributed by atoms with Crippen LogP contribution in [0.3, 0.4) is 0 Å². The van der Waals surface area contributed by atoms with E-state index >= 15 is 0 Å². The van der Waals surface area contributed by atoms with E-state index in [9.17, 15) is 9.59 Å². The molecule has 8 nitrogen and oxygen atoms in total. The molecule has 2 aromatic carbocycles. The highest BCUT2D eigenvalue weighted by Gasteiger charge is 2.15. The van der Waals surface area contributed by atoms with Gasteiger partial charge in [-0.2, -0.15) is 0 Å². The summed E-state index contributed by atoms with van der Waals surface area (Å²) in [5, 5.41) is 6.25. The molecular weight excluding hydrogens is 484 g/mol. The van der Waals surface area contributed by atoms with Crippen LogP contribution in [0.15, 0.2) is 71.6 Å². The summed E-state index contributed by atoms with van der Waals surface area (Å²) in [7, 11) is 0. The van der Waals surface area contributed by atoms with Gasteiger partial charge in [0.1, 0.15) is 12.1 Å². The van der Waals surface area contributed by atoms with Crippen LogP contribution in [-0.2, 0) is 16.1 Å². The Morgan fingerprint density at radius 3 is 2.73 bits per heavy atom. The molecule has 0 unspecified atom stereocenters. The van der Waals surface area contributed by atoms with Gasteiger partial charge >= 0.3 is 11.8 Å². The number of hydrogen-bond donors (Lipinski definition) is 3. The number of aromatic amines is 1. The van der Waals surface area contributed by atoms with Gasteiger partial charge in [0.2, 0.25) is 0 Å². The van der Waals surface area contributed by atoms with Crippen LogP contribution in [0.4, 0.5) is 5.69 Å². The first kappa shape index (κ1) is 20.9. The number of carbonyl (C=O) groups excluding carboxylic acids is 2. The summed E-state index contributed by atoms with van der Waals surface area (Å²) in [5.41, 5.74) is 5.13. The zero-order valence-electron chi connectivity index (χ0n) is 17.6. The number of imidazole rings is 1. The fourth-order valence-corrected chi connectivity index (χ4v) is 4.31. The summed E-state index contributed by atoms with van der Waals surface area (Å²) in [5.74, 6) is -0.823. The number of carbonyl (C=O) groups is 2. The Morgan fingerprint density at radius 1 is 1.06 bits per heavy atom. The van der Waals surface area contributed by atoms with E-state index in [0.29, 0.717) is 11.5 Å². The number of rotatable bonds is 4. The summed E-state index contributed by atoms with van der Waals surface area (Å²) < 4.78 is 2.84. The van der Waals surface area contributed by atoms with Crippen molar-refractivity contribution < 1.29 is 9.59 Å². The number of amides is 2. The van der Waals surface area contributed by atoms with E-state index in [4.69, 9.17) is 0 Å². The van der Waals surface area contributed by atoms with Gasteiger partial charge in [0.05, 0.1) is 29.5 Å². The molecule has 33 heavy (non-hydrogen) atoms. The molecule has 3 N–H and O–H groups in total. The van der Waals surface area contributed by atoms with Crippen LogP contribution in [0, 0.1) is 6.92 Å². The molecule has 0 atom stereocenters. The number of fused-ring (bicyclic) bond motifs is 2. The SMILES string of the molecule is Cc1cc(Br)cc2cc(CNC(=O)C(=O)Nc3ccc(-n4cnc5ccccc54)nc3)[nH]c12. The minimum Gasteiger partial charge on any atom is -0.357 e. The molecule has 9 heteroatoms. The predicted octanol–water partition coefficient (Wildman–Crippen LogP) is 4.23. The smallest absolute Gasteiger partial charge is 0.313 e. The summed E-state index contributed by atoms with van der Waals surface area (Å²) in [4.78, 5) is 36.6. The highest BCUT2D eigenvalue weighted by Crippen LogP contribution is 2.24. The molecule has 0 bridgehead atoms. The average Bonchev–Trinajstić information content (AvgIpc) is 3.42. The molecule has 0 aliphatic heterocycles. The van der Waals surface area contributed by atoms with Crippen LogP contribution in [0.1, 0.15) is 11.3 Å². The molecule has 0 saturated carbocycles. The van der Waals surface area contributed by atoms with Crippen LogP contribution >= 0.6 is 15.9 Å². The maximum absolute atomic E-state index is 12.3. The topological polar surface area (TPSA) is 105 Å². The Hall–Kier alpha value is -3.98. The van der Waals surface area contributed by atoms with Crippen LogP contribution in [0.25, 0.3) is 27.8 Å². The van der Waals surface area contributed by atoms with E-state index < -0.39 is 11.8 Å². The lowest BCUT2D eigenvalue weighted by atomic mass is 10.2. The molecule has 3 heterocycles. The molecule has 0 spiro atoms. The fourth-order valence-electron chi connectivity index (χ4n) is 3.72. The van der Waals surface area contributed by atoms with Crippen molar-refractivity contribution in [2.45, 2.75) is 13.5 Å². The maximum Gasteiger partial charge on any atom is 0.313 e. The van der Waals surface area contributed by atoms with Crippen LogP contribution < -0.4 is 10.6 Å². The van der Waals surface area contributed by atoms with Gasteiger partial charge in [-0.05, 0) is 55.0 Å². The van der Waals surface area contributed by atoms with Crippen molar-refractivity contribution >= 4 is 55.4 Å². The highest BCUT2D eigenvalue weighted by molar-refractivity contribution is 9.10. The number of aromatic nitrogens is 4. The quantitative estimate of drug-likeness (QED) is 0.320. The Balaban J connectivity index is 1.22. The minimum atomic E-state index is -0.757. The number of aryl methyl sites for hydroxylation is 1. The molecule has 5 aromatic rings. The molecule has 0 aliphatic carbocycles. The Bertz CT molecular complexity index is 1500. The number of pyridine rings is 1. The van der Waals surface area contributed by atoms with E-state index in [1.54, 1.807) is 18.5 Å². The van der Waals surface area contributed by atoms with E-state index in [1.165, 1.54) is 6.20 Å². The van der Waals surface area contributed by atoms with Crippen molar-refractivity contribution in [3.63, 3.8) is 0 Å². The maximum atomic E-state index is 12.3. The van der Waals surface area contributed by atoms with Crippen LogP contribution in [0.2, 0.25) is 0 Å². The molecule has 0 saturated heterocycles. The average molecular weight is 503 g/mol. The minimum absolute atomic E-state index is 0.211. The van der Waals surface area contributed by atoms with Gasteiger partial charge in [0.15, 0.2) is 0 Å². The first-order valence-corrected chi connectivity index (χ1v) is 11.0. The summed E-state index contributed by atoms with van der Waals surface area (Å²) in [6.45, 7) is 2.22. The number of hydrogen-bond acceptors (Lipinski definition) is 4. The molecule has 0 radical (unpaired) electrons.